The van der Waals surface area contributed by atoms with E-state index >= 15 is 0 Å². The highest BCUT2D eigenvalue weighted by molar-refractivity contribution is 5.79. The molecule has 0 aliphatic rings. The number of benzene rings is 1. The van der Waals surface area contributed by atoms with E-state index in [4.69, 9.17) is 4.74 Å². The minimum absolute atomic E-state index is 0.0539. The van der Waals surface area contributed by atoms with Crippen molar-refractivity contribution in [1.29, 1.82) is 0 Å². The average molecular weight is 336 g/mol. The third-order valence-corrected chi connectivity index (χ3v) is 3.35. The molecule has 1 aromatic rings. The van der Waals surface area contributed by atoms with Crippen LogP contribution in [0.5, 0.6) is 5.75 Å². The fourth-order valence-electron chi connectivity index (χ4n) is 2.38. The summed E-state index contributed by atoms with van der Waals surface area (Å²) in [5.74, 6) is 0.709. The number of quaternary nitrogens is 1. The van der Waals surface area contributed by atoms with E-state index in [-0.39, 0.29) is 30.4 Å². The van der Waals surface area contributed by atoms with Crippen LogP contribution in [0.2, 0.25) is 0 Å². The zero-order valence-electron chi connectivity index (χ0n) is 15.4. The van der Waals surface area contributed by atoms with Gasteiger partial charge in [0.05, 0.1) is 14.2 Å². The van der Waals surface area contributed by atoms with Crippen molar-refractivity contribution in [3.8, 4) is 5.75 Å². The lowest BCUT2D eigenvalue weighted by molar-refractivity contribution is -0.862. The molecule has 0 fully saturated rings. The molecular weight excluding hydrogens is 306 g/mol. The number of carbonyl (C=O) groups excluding carboxylic acids is 2. The van der Waals surface area contributed by atoms with Gasteiger partial charge in [0.2, 0.25) is 0 Å². The largest absolute Gasteiger partial charge is 0.496 e. The number of para-hydroxylation sites is 1. The van der Waals surface area contributed by atoms with Crippen molar-refractivity contribution in [2.45, 2.75) is 32.7 Å². The van der Waals surface area contributed by atoms with Crippen LogP contribution >= 0.6 is 0 Å². The molecule has 0 spiro atoms. The van der Waals surface area contributed by atoms with E-state index in [1.54, 1.807) is 7.11 Å². The molecule has 3 N–H and O–H groups in total. The third-order valence-electron chi connectivity index (χ3n) is 3.35. The van der Waals surface area contributed by atoms with Crippen molar-refractivity contribution >= 4 is 11.8 Å². The van der Waals surface area contributed by atoms with Crippen molar-refractivity contribution in [2.24, 2.45) is 0 Å². The van der Waals surface area contributed by atoms with Gasteiger partial charge in [-0.2, -0.15) is 0 Å². The Labute approximate surface area is 144 Å². The van der Waals surface area contributed by atoms with Gasteiger partial charge in [-0.1, -0.05) is 18.2 Å². The topological polar surface area (TPSA) is 71.9 Å². The number of hydrogen-bond donors (Lipinski definition) is 3. The molecule has 0 saturated heterocycles. The Kier molecular flexibility index (Phi) is 7.71. The van der Waals surface area contributed by atoms with E-state index in [1.807, 2.05) is 52.1 Å². The molecule has 1 unspecified atom stereocenters. The summed E-state index contributed by atoms with van der Waals surface area (Å²) < 4.78 is 5.29. The van der Waals surface area contributed by atoms with Crippen LogP contribution in [0, 0.1) is 0 Å². The molecule has 134 valence electrons. The number of likely N-dealkylation sites (N-methyl/N-ethyl adjacent to an activating group) is 1. The molecule has 1 rings (SSSR count). The SMILES string of the molecule is COc1ccccc1CCNC(=O)C[NH+](C)CC(=O)NC(C)(C)C. The molecule has 6 nitrogen and oxygen atoms in total. The van der Waals surface area contributed by atoms with Crippen LogP contribution < -0.4 is 20.3 Å². The van der Waals surface area contributed by atoms with E-state index in [1.165, 1.54) is 0 Å². The number of carbonyl (C=O) groups is 2. The van der Waals surface area contributed by atoms with E-state index in [0.717, 1.165) is 16.2 Å². The lowest BCUT2D eigenvalue weighted by atomic mass is 10.1. The fraction of sp³-hybridized carbons (Fsp3) is 0.556. The van der Waals surface area contributed by atoms with Crippen LogP contribution in [0.25, 0.3) is 0 Å². The van der Waals surface area contributed by atoms with Gasteiger partial charge in [0.25, 0.3) is 11.8 Å². The van der Waals surface area contributed by atoms with Gasteiger partial charge >= 0.3 is 0 Å². The van der Waals surface area contributed by atoms with Gasteiger partial charge < -0.3 is 20.3 Å². The van der Waals surface area contributed by atoms with Crippen LogP contribution in [0.4, 0.5) is 0 Å². The van der Waals surface area contributed by atoms with Crippen LogP contribution in [0.3, 0.4) is 0 Å². The lowest BCUT2D eigenvalue weighted by Gasteiger charge is -2.21. The predicted octanol–water partition coefficient (Wildman–Crippen LogP) is -0.217. The maximum atomic E-state index is 12.0. The minimum atomic E-state index is -0.256. The number of ether oxygens (including phenoxy) is 1. The Morgan fingerprint density at radius 1 is 1.12 bits per heavy atom. The Bertz CT molecular complexity index is 553. The quantitative estimate of drug-likeness (QED) is 0.615. The van der Waals surface area contributed by atoms with E-state index in [9.17, 15) is 9.59 Å². The minimum Gasteiger partial charge on any atom is -0.496 e. The molecule has 0 bridgehead atoms. The summed E-state index contributed by atoms with van der Waals surface area (Å²) in [6, 6.07) is 7.76. The van der Waals surface area contributed by atoms with Crippen molar-refractivity contribution in [1.82, 2.24) is 10.6 Å². The van der Waals surface area contributed by atoms with Crippen molar-refractivity contribution in [3.63, 3.8) is 0 Å². The Balaban J connectivity index is 2.32. The van der Waals surface area contributed by atoms with Crippen molar-refractivity contribution < 1.29 is 19.2 Å². The van der Waals surface area contributed by atoms with E-state index in [2.05, 4.69) is 10.6 Å². The van der Waals surface area contributed by atoms with Gasteiger partial charge in [0.15, 0.2) is 13.1 Å². The molecule has 2 amide bonds. The predicted molar refractivity (Wildman–Crippen MR) is 94.2 cm³/mol. The molecular formula is C18H30N3O3+. The van der Waals surface area contributed by atoms with E-state index < -0.39 is 0 Å². The van der Waals surface area contributed by atoms with Crippen LogP contribution in [0.1, 0.15) is 26.3 Å². The van der Waals surface area contributed by atoms with Crippen LogP contribution in [-0.4, -0.2) is 51.1 Å². The first-order valence-electron chi connectivity index (χ1n) is 8.22. The summed E-state index contributed by atoms with van der Waals surface area (Å²) in [7, 11) is 3.47. The Morgan fingerprint density at radius 3 is 2.38 bits per heavy atom. The highest BCUT2D eigenvalue weighted by atomic mass is 16.5. The summed E-state index contributed by atoms with van der Waals surface area (Å²) in [6.45, 7) is 6.89. The molecule has 0 radical (unpaired) electrons. The molecule has 6 heteroatoms. The number of nitrogens with one attached hydrogen (secondary N) is 3. The van der Waals surface area contributed by atoms with Gasteiger partial charge in [-0.15, -0.1) is 0 Å². The van der Waals surface area contributed by atoms with Gasteiger partial charge in [0.1, 0.15) is 5.75 Å². The Hall–Kier alpha value is -2.08. The zero-order chi connectivity index (χ0) is 18.2. The second kappa shape index (κ2) is 9.27. The van der Waals surface area contributed by atoms with Gasteiger partial charge in [-0.3, -0.25) is 9.59 Å². The molecule has 24 heavy (non-hydrogen) atoms. The standard InChI is InChI=1S/C18H29N3O3/c1-18(2,3)20-17(23)13-21(4)12-16(22)19-11-10-14-8-6-7-9-15(14)24-5/h6-9H,10-13H2,1-5H3,(H,19,22)(H,20,23)/p+1. The van der Waals surface area contributed by atoms with Gasteiger partial charge in [-0.05, 0) is 38.8 Å². The fourth-order valence-corrected chi connectivity index (χ4v) is 2.38. The average Bonchev–Trinajstić information content (AvgIpc) is 2.45. The first kappa shape index (κ1) is 20.0. The summed E-state index contributed by atoms with van der Waals surface area (Å²) >= 11 is 0. The molecule has 1 aromatic carbocycles. The zero-order valence-corrected chi connectivity index (χ0v) is 15.4. The van der Waals surface area contributed by atoms with Crippen LogP contribution in [-0.2, 0) is 16.0 Å². The summed E-state index contributed by atoms with van der Waals surface area (Å²) in [4.78, 5) is 24.7. The second-order valence-electron chi connectivity index (χ2n) is 7.02. The van der Waals surface area contributed by atoms with Gasteiger partial charge in [-0.25, -0.2) is 0 Å². The monoisotopic (exact) mass is 336 g/mol. The highest BCUT2D eigenvalue weighted by Crippen LogP contribution is 2.17. The summed E-state index contributed by atoms with van der Waals surface area (Å²) in [5.41, 5.74) is 0.805. The van der Waals surface area contributed by atoms with Crippen LogP contribution in [0.15, 0.2) is 24.3 Å². The Morgan fingerprint density at radius 2 is 1.75 bits per heavy atom. The highest BCUT2D eigenvalue weighted by Gasteiger charge is 2.18. The first-order chi connectivity index (χ1) is 11.2. The number of rotatable bonds is 8. The molecule has 1 atom stereocenters. The number of methoxy groups -OCH3 is 1. The number of amides is 2. The maximum Gasteiger partial charge on any atom is 0.275 e. The van der Waals surface area contributed by atoms with Crippen molar-refractivity contribution in [3.05, 3.63) is 29.8 Å². The normalized spacial score (nSPS) is 12.4. The molecule has 0 saturated carbocycles. The molecule has 0 aliphatic heterocycles. The second-order valence-corrected chi connectivity index (χ2v) is 7.02. The molecule has 0 heterocycles. The molecule has 0 aromatic heterocycles. The van der Waals surface area contributed by atoms with E-state index in [0.29, 0.717) is 13.0 Å². The lowest BCUT2D eigenvalue weighted by Crippen LogP contribution is -3.11. The van der Waals surface area contributed by atoms with Crippen molar-refractivity contribution in [2.75, 3.05) is 33.8 Å². The summed E-state index contributed by atoms with van der Waals surface area (Å²) in [5, 5.41) is 5.78. The van der Waals surface area contributed by atoms with Gasteiger partial charge in [0, 0.05) is 12.1 Å². The molecule has 0 aliphatic carbocycles. The number of hydrogen-bond acceptors (Lipinski definition) is 3. The smallest absolute Gasteiger partial charge is 0.275 e. The maximum absolute atomic E-state index is 12.0. The summed E-state index contributed by atoms with van der Waals surface area (Å²) in [6.07, 6.45) is 0.708. The first-order valence-corrected chi connectivity index (χ1v) is 8.22. The third kappa shape index (κ3) is 7.97.